The monoisotopic (exact) mass is 300 g/mol. The fourth-order valence-electron chi connectivity index (χ4n) is 2.17. The number of rotatable bonds is 4. The van der Waals surface area contributed by atoms with Crippen LogP contribution in [0, 0.1) is 0 Å². The zero-order chi connectivity index (χ0) is 14.8. The third kappa shape index (κ3) is 2.90. The smallest absolute Gasteiger partial charge is 0.266 e. The number of anilines is 2. The Balaban J connectivity index is 1.79. The zero-order valence-electron chi connectivity index (χ0n) is 11.6. The topological polar surface area (TPSA) is 83.8 Å². The van der Waals surface area contributed by atoms with Crippen molar-refractivity contribution in [2.24, 2.45) is 0 Å². The first-order chi connectivity index (χ1) is 10.2. The molecule has 0 saturated carbocycles. The molecule has 108 valence electrons. The highest BCUT2D eigenvalue weighted by molar-refractivity contribution is 7.20. The number of nitrogens with zero attached hydrogens (tertiary/aromatic N) is 1. The van der Waals surface area contributed by atoms with E-state index in [0.29, 0.717) is 16.4 Å². The van der Waals surface area contributed by atoms with Crippen LogP contribution in [-0.4, -0.2) is 16.1 Å². The second kappa shape index (κ2) is 5.57. The molecule has 5 nitrogen and oxygen atoms in total. The number of amides is 1. The summed E-state index contributed by atoms with van der Waals surface area (Å²) in [6.07, 6.45) is 1.96. The van der Waals surface area contributed by atoms with Crippen LogP contribution in [0.15, 0.2) is 30.3 Å². The number of hydrogen-bond donors (Lipinski definition) is 3. The van der Waals surface area contributed by atoms with Crippen LogP contribution < -0.4 is 11.1 Å². The average molecular weight is 300 g/mol. The molecule has 21 heavy (non-hydrogen) atoms. The molecule has 0 bridgehead atoms. The fourth-order valence-corrected chi connectivity index (χ4v) is 3.11. The summed E-state index contributed by atoms with van der Waals surface area (Å²) in [6.45, 7) is 2.10. The standard InChI is InChI=1S/C15H16N4OS/c1-2-3-11-8-14(19-18-11)17-15(20)13-7-9-6-10(16)4-5-12(9)21-13/h4-8H,2-3,16H2,1H3,(H2,17,18,19,20). The first kappa shape index (κ1) is 13.6. The number of nitrogen functional groups attached to an aromatic ring is 1. The normalized spacial score (nSPS) is 10.9. The van der Waals surface area contributed by atoms with Crippen molar-refractivity contribution in [1.82, 2.24) is 10.2 Å². The van der Waals surface area contributed by atoms with Gasteiger partial charge in [0.05, 0.1) is 4.88 Å². The van der Waals surface area contributed by atoms with Gasteiger partial charge in [-0.3, -0.25) is 9.89 Å². The molecule has 0 atom stereocenters. The number of hydrogen-bond acceptors (Lipinski definition) is 4. The molecular weight excluding hydrogens is 284 g/mol. The van der Waals surface area contributed by atoms with Gasteiger partial charge >= 0.3 is 0 Å². The van der Waals surface area contributed by atoms with Crippen LogP contribution in [-0.2, 0) is 6.42 Å². The maximum Gasteiger partial charge on any atom is 0.266 e. The Labute approximate surface area is 126 Å². The largest absolute Gasteiger partial charge is 0.399 e. The van der Waals surface area contributed by atoms with Gasteiger partial charge in [0, 0.05) is 22.1 Å². The zero-order valence-corrected chi connectivity index (χ0v) is 12.5. The molecule has 0 aliphatic rings. The van der Waals surface area contributed by atoms with Gasteiger partial charge in [0.25, 0.3) is 5.91 Å². The third-order valence-corrected chi connectivity index (χ3v) is 4.27. The molecule has 1 amide bonds. The summed E-state index contributed by atoms with van der Waals surface area (Å²) in [5.74, 6) is 0.407. The lowest BCUT2D eigenvalue weighted by atomic mass is 10.2. The minimum atomic E-state index is -0.149. The van der Waals surface area contributed by atoms with Gasteiger partial charge in [-0.1, -0.05) is 13.3 Å². The summed E-state index contributed by atoms with van der Waals surface area (Å²) < 4.78 is 1.04. The van der Waals surface area contributed by atoms with Crippen LogP contribution in [0.4, 0.5) is 11.5 Å². The van der Waals surface area contributed by atoms with Gasteiger partial charge in [-0.25, -0.2) is 0 Å². The highest BCUT2D eigenvalue weighted by Crippen LogP contribution is 2.27. The van der Waals surface area contributed by atoms with Crippen molar-refractivity contribution in [3.05, 3.63) is 40.9 Å². The summed E-state index contributed by atoms with van der Waals surface area (Å²) in [5.41, 5.74) is 7.48. The molecule has 3 rings (SSSR count). The molecule has 2 heterocycles. The second-order valence-electron chi connectivity index (χ2n) is 4.89. The number of nitrogens with one attached hydrogen (secondary N) is 2. The van der Waals surface area contributed by atoms with E-state index >= 15 is 0 Å². The number of benzene rings is 1. The van der Waals surface area contributed by atoms with Crippen molar-refractivity contribution in [3.8, 4) is 0 Å². The molecule has 3 aromatic rings. The molecule has 6 heteroatoms. The van der Waals surface area contributed by atoms with Gasteiger partial charge in [0.15, 0.2) is 5.82 Å². The first-order valence-electron chi connectivity index (χ1n) is 6.80. The highest BCUT2D eigenvalue weighted by atomic mass is 32.1. The first-order valence-corrected chi connectivity index (χ1v) is 7.62. The quantitative estimate of drug-likeness (QED) is 0.646. The van der Waals surface area contributed by atoms with Gasteiger partial charge in [-0.05, 0) is 36.1 Å². The van der Waals surface area contributed by atoms with E-state index in [9.17, 15) is 4.79 Å². The Morgan fingerprint density at radius 3 is 3.05 bits per heavy atom. The predicted molar refractivity (Wildman–Crippen MR) is 86.8 cm³/mol. The third-order valence-electron chi connectivity index (χ3n) is 3.16. The molecule has 0 aliphatic carbocycles. The predicted octanol–water partition coefficient (Wildman–Crippen LogP) is 3.41. The fraction of sp³-hybridized carbons (Fsp3) is 0.200. The lowest BCUT2D eigenvalue weighted by molar-refractivity contribution is 0.103. The molecule has 0 spiro atoms. The number of aromatic nitrogens is 2. The van der Waals surface area contributed by atoms with Crippen molar-refractivity contribution in [2.75, 3.05) is 11.1 Å². The molecule has 0 fully saturated rings. The van der Waals surface area contributed by atoms with E-state index in [4.69, 9.17) is 5.73 Å². The Morgan fingerprint density at radius 2 is 2.24 bits per heavy atom. The van der Waals surface area contributed by atoms with E-state index in [1.54, 1.807) is 0 Å². The molecule has 0 unspecified atom stereocenters. The number of carbonyl (C=O) groups excluding carboxylic acids is 1. The van der Waals surface area contributed by atoms with Gasteiger partial charge in [-0.2, -0.15) is 5.10 Å². The van der Waals surface area contributed by atoms with E-state index < -0.39 is 0 Å². The number of H-pyrrole nitrogens is 1. The van der Waals surface area contributed by atoms with E-state index in [0.717, 1.165) is 28.6 Å². The van der Waals surface area contributed by atoms with Crippen molar-refractivity contribution < 1.29 is 4.79 Å². The van der Waals surface area contributed by atoms with Crippen LogP contribution >= 0.6 is 11.3 Å². The summed E-state index contributed by atoms with van der Waals surface area (Å²) in [4.78, 5) is 12.9. The van der Waals surface area contributed by atoms with Gasteiger partial charge < -0.3 is 11.1 Å². The Hall–Kier alpha value is -2.34. The number of fused-ring (bicyclic) bond motifs is 1. The van der Waals surface area contributed by atoms with Crippen LogP contribution in [0.1, 0.15) is 28.7 Å². The van der Waals surface area contributed by atoms with Gasteiger partial charge in [0.1, 0.15) is 0 Å². The average Bonchev–Trinajstić information content (AvgIpc) is 3.05. The molecule has 0 aliphatic heterocycles. The maximum absolute atomic E-state index is 12.2. The van der Waals surface area contributed by atoms with E-state index in [1.807, 2.05) is 30.3 Å². The van der Waals surface area contributed by atoms with Crippen molar-refractivity contribution in [1.29, 1.82) is 0 Å². The molecule has 4 N–H and O–H groups in total. The van der Waals surface area contributed by atoms with E-state index in [-0.39, 0.29) is 5.91 Å². The number of carbonyl (C=O) groups is 1. The maximum atomic E-state index is 12.2. The summed E-state index contributed by atoms with van der Waals surface area (Å²) in [7, 11) is 0. The molecule has 1 aromatic carbocycles. The minimum Gasteiger partial charge on any atom is -0.399 e. The number of aryl methyl sites for hydroxylation is 1. The van der Waals surface area contributed by atoms with E-state index in [1.165, 1.54) is 11.3 Å². The Bertz CT molecular complexity index is 790. The second-order valence-corrected chi connectivity index (χ2v) is 5.97. The summed E-state index contributed by atoms with van der Waals surface area (Å²) in [5, 5.41) is 10.8. The van der Waals surface area contributed by atoms with E-state index in [2.05, 4.69) is 22.4 Å². The lowest BCUT2D eigenvalue weighted by Gasteiger charge is -1.97. The number of aromatic amines is 1. The van der Waals surface area contributed by atoms with Crippen LogP contribution in [0.2, 0.25) is 0 Å². The lowest BCUT2D eigenvalue weighted by Crippen LogP contribution is -2.10. The van der Waals surface area contributed by atoms with Crippen molar-refractivity contribution >= 4 is 38.8 Å². The van der Waals surface area contributed by atoms with Gasteiger partial charge in [-0.15, -0.1) is 11.3 Å². The SMILES string of the molecule is CCCc1cc(NC(=O)c2cc3cc(N)ccc3s2)n[nH]1. The highest BCUT2D eigenvalue weighted by Gasteiger charge is 2.12. The van der Waals surface area contributed by atoms with Crippen molar-refractivity contribution in [3.63, 3.8) is 0 Å². The number of nitrogens with two attached hydrogens (primary N) is 1. The summed E-state index contributed by atoms with van der Waals surface area (Å²) >= 11 is 1.44. The van der Waals surface area contributed by atoms with Crippen LogP contribution in [0.25, 0.3) is 10.1 Å². The summed E-state index contributed by atoms with van der Waals surface area (Å²) in [6, 6.07) is 9.36. The Kier molecular flexibility index (Phi) is 3.62. The molecule has 0 radical (unpaired) electrons. The van der Waals surface area contributed by atoms with Crippen LogP contribution in [0.3, 0.4) is 0 Å². The molecular formula is C15H16N4OS. The van der Waals surface area contributed by atoms with Gasteiger partial charge in [0.2, 0.25) is 0 Å². The molecule has 2 aromatic heterocycles. The van der Waals surface area contributed by atoms with Crippen LogP contribution in [0.5, 0.6) is 0 Å². The number of thiophene rings is 1. The molecule has 0 saturated heterocycles. The Morgan fingerprint density at radius 1 is 1.38 bits per heavy atom. The van der Waals surface area contributed by atoms with Crippen molar-refractivity contribution in [2.45, 2.75) is 19.8 Å². The minimum absolute atomic E-state index is 0.149.